The molecule has 0 aromatic carbocycles. The molecule has 0 aliphatic rings. The van der Waals surface area contributed by atoms with E-state index in [0.717, 1.165) is 38.5 Å². The third-order valence-corrected chi connectivity index (χ3v) is 8.72. The zero-order valence-electron chi connectivity index (χ0n) is 27.6. The quantitative estimate of drug-likeness (QED) is 0.0348. The molecular weight excluding hydrogens is 605 g/mol. The minimum absolute atomic E-state index is 0.00195. The Kier molecular flexibility index (Phi) is 27.3. The summed E-state index contributed by atoms with van der Waals surface area (Å²) in [6, 6.07) is 0. The van der Waals surface area contributed by atoms with E-state index in [1.165, 1.54) is 51.4 Å². The predicted octanol–water partition coefficient (Wildman–Crippen LogP) is 5.10. The van der Waals surface area contributed by atoms with Crippen molar-refractivity contribution in [1.82, 2.24) is 5.32 Å². The van der Waals surface area contributed by atoms with Gasteiger partial charge in [-0.15, -0.1) is 0 Å². The van der Waals surface area contributed by atoms with Gasteiger partial charge >= 0.3 is 13.8 Å². The van der Waals surface area contributed by atoms with Crippen LogP contribution in [0, 0.1) is 0 Å². The van der Waals surface area contributed by atoms with Gasteiger partial charge in [0.25, 0.3) is 0 Å². The number of aliphatic hydroxyl groups is 4. The smallest absolute Gasteiger partial charge is 0.469 e. The summed E-state index contributed by atoms with van der Waals surface area (Å²) < 4.78 is 16.3. The van der Waals surface area contributed by atoms with E-state index in [1.807, 2.05) is 0 Å². The van der Waals surface area contributed by atoms with Gasteiger partial charge in [-0.2, -0.15) is 0 Å². The van der Waals surface area contributed by atoms with E-state index in [4.69, 9.17) is 9.63 Å². The summed E-state index contributed by atoms with van der Waals surface area (Å²) in [5, 5.41) is 52.3. The monoisotopic (exact) mass is 669 g/mol. The summed E-state index contributed by atoms with van der Waals surface area (Å²) in [4.78, 5) is 40.5. The molecule has 0 aliphatic carbocycles. The van der Waals surface area contributed by atoms with Gasteiger partial charge < -0.3 is 40.6 Å². The fourth-order valence-corrected chi connectivity index (χ4v) is 5.98. The second-order valence-corrected chi connectivity index (χ2v) is 13.6. The summed E-state index contributed by atoms with van der Waals surface area (Å²) in [7, 11) is -4.81. The van der Waals surface area contributed by atoms with Gasteiger partial charge in [-0.05, 0) is 44.9 Å². The Labute approximate surface area is 270 Å². The molecule has 8 N–H and O–H groups in total. The number of aliphatic hydroxyl groups excluding tert-OH is 4. The fourth-order valence-electron chi connectivity index (χ4n) is 5.38. The van der Waals surface area contributed by atoms with E-state index in [1.54, 1.807) is 0 Å². The summed E-state index contributed by atoms with van der Waals surface area (Å²) in [6.45, 7) is 1.82. The van der Waals surface area contributed by atoms with E-state index in [2.05, 4.69) is 12.2 Å². The van der Waals surface area contributed by atoms with Crippen molar-refractivity contribution in [3.63, 3.8) is 0 Å². The van der Waals surface area contributed by atoms with Crippen LogP contribution in [-0.4, -0.2) is 84.3 Å². The first kappa shape index (κ1) is 43.9. The second kappa shape index (κ2) is 28.0. The summed E-state index contributed by atoms with van der Waals surface area (Å²) in [6.07, 6.45) is 13.0. The van der Waals surface area contributed by atoms with E-state index in [9.17, 15) is 44.4 Å². The van der Waals surface area contributed by atoms with Crippen LogP contribution in [0.5, 0.6) is 0 Å². The fraction of sp³-hybridized carbons (Fsp3) is 0.938. The maximum atomic E-state index is 11.5. The maximum absolute atomic E-state index is 11.5. The first-order valence-corrected chi connectivity index (χ1v) is 18.8. The van der Waals surface area contributed by atoms with Gasteiger partial charge in [0.2, 0.25) is 5.91 Å². The van der Waals surface area contributed by atoms with Crippen LogP contribution in [0.3, 0.4) is 0 Å². The zero-order valence-corrected chi connectivity index (χ0v) is 28.5. The van der Waals surface area contributed by atoms with Crippen LogP contribution in [0.2, 0.25) is 0 Å². The topological polar surface area (TPSA) is 214 Å². The van der Waals surface area contributed by atoms with Crippen molar-refractivity contribution in [2.24, 2.45) is 0 Å². The number of phosphoric ester groups is 1. The molecule has 268 valence electrons. The van der Waals surface area contributed by atoms with Gasteiger partial charge in [-0.1, -0.05) is 103 Å². The molecule has 0 bridgehead atoms. The Balaban J connectivity index is 4.16. The number of hydrogen-bond donors (Lipinski definition) is 8. The van der Waals surface area contributed by atoms with E-state index in [0.29, 0.717) is 19.3 Å². The third kappa shape index (κ3) is 28.8. The lowest BCUT2D eigenvalue weighted by molar-refractivity contribution is -0.137. The molecule has 0 heterocycles. The van der Waals surface area contributed by atoms with Gasteiger partial charge in [0.1, 0.15) is 6.54 Å². The summed E-state index contributed by atoms with van der Waals surface area (Å²) >= 11 is 0. The first-order valence-electron chi connectivity index (χ1n) is 17.3. The van der Waals surface area contributed by atoms with Crippen LogP contribution in [0.25, 0.3) is 0 Å². The first-order chi connectivity index (χ1) is 21.4. The molecule has 0 fully saturated rings. The van der Waals surface area contributed by atoms with Gasteiger partial charge in [0.05, 0.1) is 30.5 Å². The summed E-state index contributed by atoms with van der Waals surface area (Å²) in [5.74, 6) is -1.39. The van der Waals surface area contributed by atoms with Crippen LogP contribution >= 0.6 is 7.82 Å². The van der Waals surface area contributed by atoms with Crippen molar-refractivity contribution in [3.05, 3.63) is 0 Å². The predicted molar refractivity (Wildman–Crippen MR) is 173 cm³/mol. The van der Waals surface area contributed by atoms with Crippen molar-refractivity contribution in [2.75, 3.05) is 6.54 Å². The van der Waals surface area contributed by atoms with E-state index in [-0.39, 0.29) is 44.4 Å². The van der Waals surface area contributed by atoms with E-state index >= 15 is 0 Å². The molecule has 5 atom stereocenters. The number of carbonyl (C=O) groups is 2. The second-order valence-electron chi connectivity index (χ2n) is 12.4. The number of phosphoric acid groups is 1. The number of aliphatic carboxylic acids is 1. The van der Waals surface area contributed by atoms with Gasteiger partial charge in [-0.3, -0.25) is 14.1 Å². The Morgan fingerprint density at radius 1 is 0.622 bits per heavy atom. The Morgan fingerprint density at radius 3 is 1.58 bits per heavy atom. The Morgan fingerprint density at radius 2 is 1.07 bits per heavy atom. The summed E-state index contributed by atoms with van der Waals surface area (Å²) in [5.41, 5.74) is 0. The number of hydrogen-bond acceptors (Lipinski definition) is 8. The SMILES string of the molecule is CCCCCCCCCCCCCC[C@@H](OP(=O)(O)O)[C@@H](O)CC[C@@H](O)[C@@H](O)CC[C@@H](O)CCCCCCC(=O)NCC(=O)O. The van der Waals surface area contributed by atoms with Crippen molar-refractivity contribution in [2.45, 2.75) is 185 Å². The lowest BCUT2D eigenvalue weighted by atomic mass is 9.96. The number of nitrogens with one attached hydrogen (secondary N) is 1. The van der Waals surface area contributed by atoms with Crippen molar-refractivity contribution in [3.8, 4) is 0 Å². The molecular formula is C32H64NO11P. The van der Waals surface area contributed by atoms with Crippen LogP contribution in [0.4, 0.5) is 0 Å². The van der Waals surface area contributed by atoms with Crippen LogP contribution in [-0.2, 0) is 18.7 Å². The number of rotatable bonds is 32. The van der Waals surface area contributed by atoms with Gasteiger partial charge in [-0.25, -0.2) is 4.57 Å². The lowest BCUT2D eigenvalue weighted by Gasteiger charge is -2.25. The highest BCUT2D eigenvalue weighted by molar-refractivity contribution is 7.46. The zero-order chi connectivity index (χ0) is 33.9. The third-order valence-electron chi connectivity index (χ3n) is 8.17. The average molecular weight is 670 g/mol. The highest BCUT2D eigenvalue weighted by atomic mass is 31.2. The minimum Gasteiger partial charge on any atom is -0.480 e. The molecule has 0 aliphatic heterocycles. The number of amides is 1. The highest BCUT2D eigenvalue weighted by Gasteiger charge is 2.29. The molecule has 1 amide bonds. The Hall–Kier alpha value is -1.11. The maximum Gasteiger partial charge on any atom is 0.469 e. The van der Waals surface area contributed by atoms with Crippen molar-refractivity contribution in [1.29, 1.82) is 0 Å². The number of carbonyl (C=O) groups excluding carboxylic acids is 1. The molecule has 12 nitrogen and oxygen atoms in total. The van der Waals surface area contributed by atoms with Crippen LogP contribution in [0.15, 0.2) is 0 Å². The van der Waals surface area contributed by atoms with Gasteiger partial charge in [0.15, 0.2) is 0 Å². The molecule has 45 heavy (non-hydrogen) atoms. The molecule has 0 radical (unpaired) electrons. The highest BCUT2D eigenvalue weighted by Crippen LogP contribution is 2.40. The van der Waals surface area contributed by atoms with Crippen LogP contribution < -0.4 is 5.32 Å². The molecule has 0 rings (SSSR count). The number of carboxylic acid groups (broad SMARTS) is 1. The number of carboxylic acids is 1. The molecule has 0 saturated heterocycles. The average Bonchev–Trinajstić information content (AvgIpc) is 2.98. The minimum atomic E-state index is -4.81. The van der Waals surface area contributed by atoms with Gasteiger partial charge in [0, 0.05) is 6.42 Å². The molecule has 0 aromatic rings. The molecule has 0 aromatic heterocycles. The normalized spacial score (nSPS) is 15.4. The van der Waals surface area contributed by atoms with E-state index < -0.39 is 50.9 Å². The molecule has 0 saturated carbocycles. The van der Waals surface area contributed by atoms with Crippen molar-refractivity contribution >= 4 is 19.7 Å². The molecule has 0 spiro atoms. The standard InChI is InChI=1S/C32H64NO11P/c1-2-3-4-5-6-7-8-9-10-11-12-16-19-30(44-45(41,42)43)29(37)24-23-28(36)27(35)22-21-26(34)18-15-13-14-17-20-31(38)33-25-32(39)40/h26-30,34-37H,2-25H2,1H3,(H,33,38)(H,39,40)(H2,41,42,43)/t26-,27-,28+,29-,30+/m0/s1. The molecule has 0 unspecified atom stereocenters. The molecule has 13 heteroatoms. The largest absolute Gasteiger partial charge is 0.480 e. The number of unbranched alkanes of at least 4 members (excludes halogenated alkanes) is 14. The van der Waals surface area contributed by atoms with Crippen LogP contribution in [0.1, 0.15) is 155 Å². The Bertz CT molecular complexity index is 782. The van der Waals surface area contributed by atoms with Crippen molar-refractivity contribution < 1.29 is 54.0 Å². The lowest BCUT2D eigenvalue weighted by Crippen LogP contribution is -2.32.